The van der Waals surface area contributed by atoms with E-state index in [1.54, 1.807) is 12.1 Å². The first-order valence-corrected chi connectivity index (χ1v) is 8.52. The summed E-state index contributed by atoms with van der Waals surface area (Å²) in [4.78, 5) is 2.28. The maximum absolute atomic E-state index is 14.1. The second-order valence-electron chi connectivity index (χ2n) is 7.13. The molecule has 1 aromatic carbocycles. The lowest BCUT2D eigenvalue weighted by molar-refractivity contribution is 0.262. The number of aromatic nitrogens is 2. The van der Waals surface area contributed by atoms with E-state index in [4.69, 9.17) is 4.42 Å². The van der Waals surface area contributed by atoms with Gasteiger partial charge in [-0.1, -0.05) is 12.5 Å². The van der Waals surface area contributed by atoms with Crippen molar-refractivity contribution in [3.05, 3.63) is 46.9 Å². The third kappa shape index (κ3) is 2.54. The van der Waals surface area contributed by atoms with E-state index in [2.05, 4.69) is 15.1 Å². The highest BCUT2D eigenvalue weighted by Gasteiger charge is 2.53. The molecule has 24 heavy (non-hydrogen) atoms. The molecular formula is C18H22FN3O2. The number of aliphatic hydroxyl groups is 1. The number of benzene rings is 1. The van der Waals surface area contributed by atoms with Crippen LogP contribution in [-0.2, 0) is 18.6 Å². The van der Waals surface area contributed by atoms with E-state index in [1.807, 2.05) is 6.92 Å². The number of likely N-dealkylation sites (tertiary alicyclic amines) is 1. The van der Waals surface area contributed by atoms with Crippen LogP contribution in [0.25, 0.3) is 0 Å². The van der Waals surface area contributed by atoms with Gasteiger partial charge in [-0.05, 0) is 36.5 Å². The number of hydrogen-bond acceptors (Lipinski definition) is 5. The summed E-state index contributed by atoms with van der Waals surface area (Å²) in [5, 5.41) is 17.6. The van der Waals surface area contributed by atoms with Crippen LogP contribution in [0, 0.1) is 18.7 Å². The average Bonchev–Trinajstić information content (AvgIpc) is 3.23. The van der Waals surface area contributed by atoms with Gasteiger partial charge in [-0.15, -0.1) is 10.2 Å². The van der Waals surface area contributed by atoms with E-state index >= 15 is 0 Å². The van der Waals surface area contributed by atoms with Crippen molar-refractivity contribution in [3.63, 3.8) is 0 Å². The molecule has 2 aliphatic rings. The predicted molar refractivity (Wildman–Crippen MR) is 85.7 cm³/mol. The monoisotopic (exact) mass is 331 g/mol. The van der Waals surface area contributed by atoms with Gasteiger partial charge in [0.15, 0.2) is 0 Å². The number of nitrogens with zero attached hydrogens (tertiary/aromatic N) is 3. The highest BCUT2D eigenvalue weighted by Crippen LogP contribution is 2.50. The maximum Gasteiger partial charge on any atom is 0.224 e. The molecular weight excluding hydrogens is 309 g/mol. The second-order valence-corrected chi connectivity index (χ2v) is 7.13. The quantitative estimate of drug-likeness (QED) is 0.933. The van der Waals surface area contributed by atoms with Crippen LogP contribution >= 0.6 is 0 Å². The van der Waals surface area contributed by atoms with E-state index in [9.17, 15) is 9.50 Å². The lowest BCUT2D eigenvalue weighted by atomic mass is 9.80. The van der Waals surface area contributed by atoms with Crippen LogP contribution < -0.4 is 0 Å². The summed E-state index contributed by atoms with van der Waals surface area (Å²) < 4.78 is 19.9. The van der Waals surface area contributed by atoms with E-state index in [1.165, 1.54) is 12.5 Å². The first-order valence-electron chi connectivity index (χ1n) is 8.52. The molecule has 5 nitrogen and oxygen atoms in total. The van der Waals surface area contributed by atoms with E-state index < -0.39 is 0 Å². The van der Waals surface area contributed by atoms with E-state index in [-0.39, 0.29) is 17.8 Å². The summed E-state index contributed by atoms with van der Waals surface area (Å²) >= 11 is 0. The number of rotatable bonds is 4. The van der Waals surface area contributed by atoms with Crippen molar-refractivity contribution in [2.45, 2.75) is 44.8 Å². The zero-order chi connectivity index (χ0) is 16.7. The molecule has 0 unspecified atom stereocenters. The van der Waals surface area contributed by atoms with Gasteiger partial charge in [-0.3, -0.25) is 4.90 Å². The molecule has 1 N–H and O–H groups in total. The van der Waals surface area contributed by atoms with Gasteiger partial charge in [0, 0.05) is 32.1 Å². The Morgan fingerprint density at radius 2 is 2.29 bits per heavy atom. The lowest BCUT2D eigenvalue weighted by Crippen LogP contribution is -2.32. The largest absolute Gasteiger partial charge is 0.425 e. The molecule has 0 radical (unpaired) electrons. The number of aryl methyl sites for hydroxylation is 1. The summed E-state index contributed by atoms with van der Waals surface area (Å²) in [5.74, 6) is 1.62. The van der Waals surface area contributed by atoms with Crippen LogP contribution in [0.5, 0.6) is 0 Å². The highest BCUT2D eigenvalue weighted by molar-refractivity contribution is 5.25. The molecule has 2 fully saturated rings. The van der Waals surface area contributed by atoms with Crippen LogP contribution in [-0.4, -0.2) is 33.3 Å². The fraction of sp³-hybridized carbons (Fsp3) is 0.556. The van der Waals surface area contributed by atoms with Gasteiger partial charge < -0.3 is 9.52 Å². The fourth-order valence-electron chi connectivity index (χ4n) is 4.45. The van der Waals surface area contributed by atoms with Crippen LogP contribution in [0.15, 0.2) is 22.6 Å². The van der Waals surface area contributed by atoms with Crippen molar-refractivity contribution in [1.82, 2.24) is 15.1 Å². The van der Waals surface area contributed by atoms with Crippen molar-refractivity contribution >= 4 is 0 Å². The standard InChI is InChI=1S/C18H22FN3O2/c1-12-20-21-17(24-12)18-6-2-3-15(18)9-22(11-18)8-14-7-13(10-23)4-5-16(14)19/h4-5,7,15,23H,2-3,6,8-11H2,1H3/t15-,18-/m0/s1. The van der Waals surface area contributed by atoms with Gasteiger partial charge >= 0.3 is 0 Å². The Kier molecular flexibility index (Phi) is 3.89. The van der Waals surface area contributed by atoms with Gasteiger partial charge in [-0.25, -0.2) is 4.39 Å². The van der Waals surface area contributed by atoms with E-state index in [0.29, 0.717) is 23.9 Å². The summed E-state index contributed by atoms with van der Waals surface area (Å²) in [6.45, 7) is 4.04. The molecule has 2 heterocycles. The van der Waals surface area contributed by atoms with Gasteiger partial charge in [-0.2, -0.15) is 0 Å². The minimum Gasteiger partial charge on any atom is -0.425 e. The molecule has 128 valence electrons. The normalized spacial score (nSPS) is 26.9. The Morgan fingerprint density at radius 1 is 1.42 bits per heavy atom. The zero-order valence-corrected chi connectivity index (χ0v) is 13.8. The van der Waals surface area contributed by atoms with Gasteiger partial charge in [0.05, 0.1) is 12.0 Å². The zero-order valence-electron chi connectivity index (χ0n) is 13.8. The van der Waals surface area contributed by atoms with Gasteiger partial charge in [0.1, 0.15) is 5.82 Å². The Bertz CT molecular complexity index is 748. The number of hydrogen-bond donors (Lipinski definition) is 1. The maximum atomic E-state index is 14.1. The van der Waals surface area contributed by atoms with Crippen molar-refractivity contribution < 1.29 is 13.9 Å². The van der Waals surface area contributed by atoms with Crippen LogP contribution in [0.1, 0.15) is 42.2 Å². The summed E-state index contributed by atoms with van der Waals surface area (Å²) in [6, 6.07) is 4.82. The number of halogens is 1. The molecule has 1 saturated heterocycles. The Hall–Kier alpha value is -1.79. The molecule has 6 heteroatoms. The second kappa shape index (κ2) is 5.93. The van der Waals surface area contributed by atoms with Crippen molar-refractivity contribution in [2.24, 2.45) is 5.92 Å². The third-order valence-electron chi connectivity index (χ3n) is 5.58. The summed E-state index contributed by atoms with van der Waals surface area (Å²) in [6.07, 6.45) is 3.38. The summed E-state index contributed by atoms with van der Waals surface area (Å²) in [5.41, 5.74) is 1.30. The van der Waals surface area contributed by atoms with Crippen molar-refractivity contribution in [1.29, 1.82) is 0 Å². The molecule has 1 aliphatic carbocycles. The minimum atomic E-state index is -0.216. The molecule has 0 bridgehead atoms. The Morgan fingerprint density at radius 3 is 3.04 bits per heavy atom. The first-order chi connectivity index (χ1) is 11.6. The van der Waals surface area contributed by atoms with Crippen LogP contribution in [0.4, 0.5) is 4.39 Å². The van der Waals surface area contributed by atoms with Crippen molar-refractivity contribution in [2.75, 3.05) is 13.1 Å². The third-order valence-corrected chi connectivity index (χ3v) is 5.58. The number of aliphatic hydroxyl groups excluding tert-OH is 1. The average molecular weight is 331 g/mol. The molecule has 4 rings (SSSR count). The molecule has 1 saturated carbocycles. The molecule has 2 aromatic rings. The number of fused-ring (bicyclic) bond motifs is 1. The van der Waals surface area contributed by atoms with Gasteiger partial charge in [0.2, 0.25) is 11.8 Å². The smallest absolute Gasteiger partial charge is 0.224 e. The van der Waals surface area contributed by atoms with Crippen LogP contribution in [0.2, 0.25) is 0 Å². The van der Waals surface area contributed by atoms with Crippen LogP contribution in [0.3, 0.4) is 0 Å². The summed E-state index contributed by atoms with van der Waals surface area (Å²) in [7, 11) is 0. The highest BCUT2D eigenvalue weighted by atomic mass is 19.1. The molecule has 1 aliphatic heterocycles. The Labute approximate surface area is 140 Å². The molecule has 0 spiro atoms. The minimum absolute atomic E-state index is 0.0683. The fourth-order valence-corrected chi connectivity index (χ4v) is 4.45. The van der Waals surface area contributed by atoms with Crippen molar-refractivity contribution in [3.8, 4) is 0 Å². The molecule has 0 amide bonds. The first kappa shape index (κ1) is 15.7. The predicted octanol–water partition coefficient (Wildman–Crippen LogP) is 2.56. The molecule has 2 atom stereocenters. The topological polar surface area (TPSA) is 62.4 Å². The van der Waals surface area contributed by atoms with Gasteiger partial charge in [0.25, 0.3) is 0 Å². The lowest BCUT2D eigenvalue weighted by Gasteiger charge is -2.24. The Balaban J connectivity index is 1.57. The SMILES string of the molecule is Cc1nnc([C@]23CCC[C@H]2CN(Cc2cc(CO)ccc2F)C3)o1. The van der Waals surface area contributed by atoms with E-state index in [0.717, 1.165) is 37.4 Å². The molecule has 1 aromatic heterocycles.